The van der Waals surface area contributed by atoms with Crippen LogP contribution in [0.5, 0.6) is 0 Å². The topological polar surface area (TPSA) is 60.7 Å². The Kier molecular flexibility index (Phi) is 33.3. The minimum Gasteiger partial charge on any atom is 0 e. The molecule has 0 fully saturated rings. The molecule has 0 heterocycles. The Hall–Kier alpha value is 0.716. The molecule has 0 amide bonds. The molecule has 22 heavy (non-hydrogen) atoms. The van der Waals surface area contributed by atoms with Gasteiger partial charge in [-0.15, -0.1) is 0 Å². The van der Waals surface area contributed by atoms with Gasteiger partial charge in [-0.25, -0.2) is 0 Å². The fourth-order valence-electron chi connectivity index (χ4n) is 0.813. The van der Waals surface area contributed by atoms with Gasteiger partial charge in [0.1, 0.15) is 0 Å². The Morgan fingerprint density at radius 3 is 1.41 bits per heavy atom. The summed E-state index contributed by atoms with van der Waals surface area (Å²) in [4.78, 5) is 0. The van der Waals surface area contributed by atoms with Crippen molar-refractivity contribution in [3.63, 3.8) is 0 Å². The summed E-state index contributed by atoms with van der Waals surface area (Å²) in [6.07, 6.45) is 10.3. The summed E-state index contributed by atoms with van der Waals surface area (Å²) < 4.78 is 14.0. The molecule has 1 aliphatic carbocycles. The molecule has 0 aromatic carbocycles. The molecule has 3 nitrogen and oxygen atoms in total. The molecule has 0 unspecified atom stereocenters. The van der Waals surface area contributed by atoms with Crippen LogP contribution >= 0.6 is 0 Å². The fraction of sp³-hybridized carbons (Fsp3) is 0.750. The van der Waals surface area contributed by atoms with Crippen LogP contribution in [0.4, 0.5) is 3.50 Å². The van der Waals surface area contributed by atoms with E-state index in [9.17, 15) is 3.50 Å². The zero-order chi connectivity index (χ0) is 17.1. The van der Waals surface area contributed by atoms with Gasteiger partial charge in [0.05, 0.1) is 0 Å². The summed E-state index contributed by atoms with van der Waals surface area (Å²) in [5.41, 5.74) is 0. The summed E-state index contributed by atoms with van der Waals surface area (Å²) in [6, 6.07) is 0. The van der Waals surface area contributed by atoms with E-state index in [0.29, 0.717) is 19.8 Å². The summed E-state index contributed by atoms with van der Waals surface area (Å²) in [5.74, 6) is 3.47. The predicted molar refractivity (Wildman–Crippen MR) is 91.2 cm³/mol. The molecule has 0 radical (unpaired) electrons. The normalized spacial score (nSPS) is 11.6. The van der Waals surface area contributed by atoms with Gasteiger partial charge in [0, 0.05) is 46.0 Å². The van der Waals surface area contributed by atoms with Crippen LogP contribution in [0.25, 0.3) is 0 Å². The van der Waals surface area contributed by atoms with Crippen molar-refractivity contribution in [2.45, 2.75) is 58.0 Å². The fourth-order valence-corrected chi connectivity index (χ4v) is 2.99. The van der Waals surface area contributed by atoms with Gasteiger partial charge >= 0.3 is 57.8 Å². The van der Waals surface area contributed by atoms with Crippen LogP contribution in [-0.4, -0.2) is 48.9 Å². The third kappa shape index (κ3) is 28.8. The van der Waals surface area contributed by atoms with E-state index in [0.717, 1.165) is 30.1 Å². The van der Waals surface area contributed by atoms with Crippen molar-refractivity contribution < 1.29 is 45.0 Å². The van der Waals surface area contributed by atoms with Crippen molar-refractivity contribution >= 4 is 13.7 Å². The minimum absolute atomic E-state index is 0. The summed E-state index contributed by atoms with van der Waals surface area (Å²) in [7, 11) is 0. The molecule has 0 bridgehead atoms. The molecule has 1 aliphatic rings. The second-order valence-corrected chi connectivity index (χ2v) is 12.1. The van der Waals surface area contributed by atoms with E-state index in [-0.39, 0.29) is 26.2 Å². The minimum atomic E-state index is -2.96. The average molecular weight is 457 g/mol. The molecule has 0 spiro atoms. The molecule has 3 N–H and O–H groups in total. The zero-order valence-electron chi connectivity index (χ0n) is 14.8. The van der Waals surface area contributed by atoms with Crippen LogP contribution in [0.1, 0.15) is 46.5 Å². The Balaban J connectivity index is -0.000000107. The van der Waals surface area contributed by atoms with Gasteiger partial charge in [0.25, 0.3) is 0 Å². The van der Waals surface area contributed by atoms with Crippen LogP contribution in [0.2, 0.25) is 11.5 Å². The predicted octanol–water partition coefficient (Wildman–Crippen LogP) is 3.55. The van der Waals surface area contributed by atoms with Gasteiger partial charge in [-0.05, 0) is 19.3 Å². The van der Waals surface area contributed by atoms with E-state index in [1.807, 2.05) is 32.9 Å². The van der Waals surface area contributed by atoms with Crippen LogP contribution in [0.15, 0.2) is 16.6 Å². The monoisotopic (exact) mass is 457 g/mol. The summed E-state index contributed by atoms with van der Waals surface area (Å²) in [5, 5.41) is 23.6. The molecular weight excluding hydrogens is 423 g/mol. The average Bonchev–Trinajstić information content (AvgIpc) is 3.02. The number of allylic oxidation sites excluding steroid dienone is 4. The van der Waals surface area contributed by atoms with E-state index in [1.165, 1.54) is 0 Å². The van der Waals surface area contributed by atoms with Gasteiger partial charge in [0.2, 0.25) is 0 Å². The first-order valence-electron chi connectivity index (χ1n) is 7.64. The smallest absolute Gasteiger partial charge is 0 e. The number of rotatable bonds is 4. The third-order valence-corrected chi connectivity index (χ3v) is 5.41. The standard InChI is InChI=1S/C7H10FGe.3C3H8O.Zr/c1-9(2,8)7-5-3-4-6-7;3*1-2-3-4;/h3,5H,4H2,1-2H3;3*4H,2-3H2,1H3;/q-1;;;;. The van der Waals surface area contributed by atoms with Gasteiger partial charge in [-0.3, -0.25) is 0 Å². The summed E-state index contributed by atoms with van der Waals surface area (Å²) in [6.45, 7) is 6.75. The Bertz CT molecular complexity index is 239. The first kappa shape index (κ1) is 30.6. The van der Waals surface area contributed by atoms with Gasteiger partial charge in [-0.2, -0.15) is 0 Å². The van der Waals surface area contributed by atoms with Crippen LogP contribution in [-0.2, 0) is 26.2 Å². The zero-order valence-corrected chi connectivity index (χ0v) is 19.4. The number of aliphatic hydroxyl groups is 3. The van der Waals surface area contributed by atoms with Crippen molar-refractivity contribution in [3.8, 4) is 0 Å². The molecule has 132 valence electrons. The van der Waals surface area contributed by atoms with Crippen LogP contribution in [0, 0.1) is 6.08 Å². The largest absolute Gasteiger partial charge is 0 e. The van der Waals surface area contributed by atoms with Crippen LogP contribution in [0.3, 0.4) is 0 Å². The maximum Gasteiger partial charge on any atom is 0 e. The van der Waals surface area contributed by atoms with Crippen molar-refractivity contribution in [1.29, 1.82) is 0 Å². The first-order chi connectivity index (χ1) is 9.85. The quantitative estimate of drug-likeness (QED) is 0.447. The Morgan fingerprint density at radius 1 is 1.00 bits per heavy atom. The van der Waals surface area contributed by atoms with E-state index in [1.54, 1.807) is 11.5 Å². The Labute approximate surface area is 158 Å². The van der Waals surface area contributed by atoms with Crippen molar-refractivity contribution in [1.82, 2.24) is 0 Å². The maximum atomic E-state index is 13.1. The van der Waals surface area contributed by atoms with Crippen molar-refractivity contribution in [3.05, 3.63) is 22.6 Å². The maximum absolute atomic E-state index is 13.1. The van der Waals surface area contributed by atoms with E-state index >= 15 is 0 Å². The molecule has 0 saturated carbocycles. The van der Waals surface area contributed by atoms with Crippen molar-refractivity contribution in [2.75, 3.05) is 19.8 Å². The van der Waals surface area contributed by atoms with Gasteiger partial charge in [-0.1, -0.05) is 20.8 Å². The number of aliphatic hydroxyl groups excluding tert-OH is 3. The van der Waals surface area contributed by atoms with E-state index in [2.05, 4.69) is 6.08 Å². The third-order valence-electron chi connectivity index (χ3n) is 2.01. The Morgan fingerprint density at radius 2 is 1.32 bits per heavy atom. The molecule has 0 aromatic rings. The molecule has 6 heteroatoms. The van der Waals surface area contributed by atoms with Crippen LogP contribution < -0.4 is 0 Å². The molecule has 0 atom stereocenters. The number of halogens is 1. The summed E-state index contributed by atoms with van der Waals surface area (Å²) >= 11 is -2.96. The second kappa shape index (κ2) is 24.0. The van der Waals surface area contributed by atoms with Gasteiger partial charge in [0.15, 0.2) is 0 Å². The van der Waals surface area contributed by atoms with E-state index < -0.39 is 13.7 Å². The first-order valence-corrected chi connectivity index (χ1v) is 13.7. The van der Waals surface area contributed by atoms with Gasteiger partial charge < -0.3 is 15.3 Å². The molecule has 0 aliphatic heterocycles. The molecule has 0 aromatic heterocycles. The molecule has 1 rings (SSSR count). The van der Waals surface area contributed by atoms with Crippen molar-refractivity contribution in [2.24, 2.45) is 0 Å². The second-order valence-electron chi connectivity index (χ2n) is 4.84. The molecular formula is C16H34FGeO3Zr-. The number of hydrogen-bond acceptors (Lipinski definition) is 3. The SMILES string of the molecule is CCCO.CCCO.CCCO.[CH3][Ge]([CH3])([F])[C]1=[C-]CC=C1.[Zr]. The number of hydrogen-bond donors (Lipinski definition) is 3. The van der Waals surface area contributed by atoms with E-state index in [4.69, 9.17) is 15.3 Å². The molecule has 0 saturated heterocycles.